The highest BCUT2D eigenvalue weighted by Gasteiger charge is 2.15. The van der Waals surface area contributed by atoms with Gasteiger partial charge in [0.2, 0.25) is 0 Å². The molecule has 2 heteroatoms. The molecular formula is C13H24N2. The summed E-state index contributed by atoms with van der Waals surface area (Å²) in [5.41, 5.74) is 1.72. The predicted octanol–water partition coefficient (Wildman–Crippen LogP) is 2.17. The third-order valence-electron chi connectivity index (χ3n) is 3.59. The Morgan fingerprint density at radius 2 is 2.40 bits per heavy atom. The van der Waals surface area contributed by atoms with Crippen molar-refractivity contribution in [2.75, 3.05) is 26.2 Å². The number of nitrogens with zero attached hydrogens (tertiary/aromatic N) is 1. The number of hydrogen-bond donors (Lipinski definition) is 1. The summed E-state index contributed by atoms with van der Waals surface area (Å²) in [5.74, 6) is 0. The lowest BCUT2D eigenvalue weighted by atomic mass is 9.97. The minimum absolute atomic E-state index is 0.680. The van der Waals surface area contributed by atoms with Gasteiger partial charge in [0.15, 0.2) is 0 Å². The van der Waals surface area contributed by atoms with Gasteiger partial charge in [0, 0.05) is 32.2 Å². The minimum Gasteiger partial charge on any atom is -0.312 e. The molecule has 0 aromatic rings. The molecule has 1 aliphatic carbocycles. The van der Waals surface area contributed by atoms with E-state index in [1.807, 2.05) is 0 Å². The summed E-state index contributed by atoms with van der Waals surface area (Å²) in [5, 5.41) is 3.49. The maximum atomic E-state index is 3.49. The summed E-state index contributed by atoms with van der Waals surface area (Å²) in [6.45, 7) is 7.19. The lowest BCUT2D eigenvalue weighted by Gasteiger charge is -2.32. The Morgan fingerprint density at radius 3 is 3.13 bits per heavy atom. The van der Waals surface area contributed by atoms with E-state index >= 15 is 0 Å². The molecule has 15 heavy (non-hydrogen) atoms. The molecule has 1 atom stereocenters. The Kier molecular flexibility index (Phi) is 4.21. The zero-order chi connectivity index (χ0) is 10.5. The number of nitrogens with one attached hydrogen (secondary N) is 1. The maximum absolute atomic E-state index is 3.49. The van der Waals surface area contributed by atoms with E-state index in [-0.39, 0.29) is 0 Å². The Morgan fingerprint density at radius 1 is 1.47 bits per heavy atom. The van der Waals surface area contributed by atoms with Gasteiger partial charge in [0.1, 0.15) is 0 Å². The van der Waals surface area contributed by atoms with Crippen molar-refractivity contribution < 1.29 is 0 Å². The fraction of sp³-hybridized carbons (Fsp3) is 0.846. The molecule has 2 aliphatic rings. The summed E-state index contributed by atoms with van der Waals surface area (Å²) >= 11 is 0. The number of hydrogen-bond acceptors (Lipinski definition) is 2. The minimum atomic E-state index is 0.680. The normalized spacial score (nSPS) is 28.9. The van der Waals surface area contributed by atoms with Crippen LogP contribution in [0.4, 0.5) is 0 Å². The highest BCUT2D eigenvalue weighted by Crippen LogP contribution is 2.20. The van der Waals surface area contributed by atoms with E-state index in [0.717, 1.165) is 0 Å². The Bertz CT molecular complexity index is 223. The summed E-state index contributed by atoms with van der Waals surface area (Å²) in [7, 11) is 0. The molecule has 1 aliphatic heterocycles. The van der Waals surface area contributed by atoms with Crippen LogP contribution in [0.1, 0.15) is 39.0 Å². The van der Waals surface area contributed by atoms with Crippen LogP contribution in [0.15, 0.2) is 11.6 Å². The first kappa shape index (κ1) is 11.2. The van der Waals surface area contributed by atoms with E-state index in [9.17, 15) is 0 Å². The average Bonchev–Trinajstić information content (AvgIpc) is 2.28. The molecule has 0 saturated carbocycles. The van der Waals surface area contributed by atoms with E-state index in [1.165, 1.54) is 58.3 Å². The molecule has 1 fully saturated rings. The molecule has 0 aromatic heterocycles. The second-order valence-corrected chi connectivity index (χ2v) is 5.01. The molecule has 0 radical (unpaired) electrons. The Labute approximate surface area is 93.7 Å². The standard InChI is InChI=1S/C13H24N2/c1-12-11-15(10-8-14-12)9-7-13-5-3-2-4-6-13/h5,12,14H,2-4,6-11H2,1H3. The second kappa shape index (κ2) is 5.66. The molecule has 1 N–H and O–H groups in total. The summed E-state index contributed by atoms with van der Waals surface area (Å²) in [4.78, 5) is 2.61. The first-order valence-electron chi connectivity index (χ1n) is 6.48. The monoisotopic (exact) mass is 208 g/mol. The lowest BCUT2D eigenvalue weighted by molar-refractivity contribution is 0.208. The average molecular weight is 208 g/mol. The van der Waals surface area contributed by atoms with Crippen LogP contribution in [0.3, 0.4) is 0 Å². The summed E-state index contributed by atoms with van der Waals surface area (Å²) in [6.07, 6.45) is 9.31. The Balaban J connectivity index is 1.70. The number of allylic oxidation sites excluding steroid dienone is 1. The fourth-order valence-electron chi connectivity index (χ4n) is 2.65. The van der Waals surface area contributed by atoms with Crippen molar-refractivity contribution >= 4 is 0 Å². The van der Waals surface area contributed by atoms with Crippen molar-refractivity contribution in [2.24, 2.45) is 0 Å². The maximum Gasteiger partial charge on any atom is 0.0167 e. The molecule has 2 rings (SSSR count). The van der Waals surface area contributed by atoms with E-state index in [4.69, 9.17) is 0 Å². The van der Waals surface area contributed by atoms with Crippen molar-refractivity contribution in [1.29, 1.82) is 0 Å². The molecule has 0 amide bonds. The van der Waals surface area contributed by atoms with Gasteiger partial charge >= 0.3 is 0 Å². The van der Waals surface area contributed by atoms with Gasteiger partial charge in [-0.05, 0) is 39.0 Å². The zero-order valence-corrected chi connectivity index (χ0v) is 9.97. The topological polar surface area (TPSA) is 15.3 Å². The molecule has 1 saturated heterocycles. The van der Waals surface area contributed by atoms with Crippen molar-refractivity contribution in [3.63, 3.8) is 0 Å². The van der Waals surface area contributed by atoms with Crippen LogP contribution in [-0.2, 0) is 0 Å². The molecule has 0 bridgehead atoms. The van der Waals surface area contributed by atoms with Gasteiger partial charge in [-0.25, -0.2) is 0 Å². The first-order chi connectivity index (χ1) is 7.34. The highest BCUT2D eigenvalue weighted by molar-refractivity contribution is 5.05. The van der Waals surface area contributed by atoms with Crippen LogP contribution in [0.5, 0.6) is 0 Å². The molecule has 1 heterocycles. The van der Waals surface area contributed by atoms with Crippen LogP contribution in [-0.4, -0.2) is 37.1 Å². The van der Waals surface area contributed by atoms with Gasteiger partial charge in [-0.15, -0.1) is 0 Å². The van der Waals surface area contributed by atoms with Gasteiger partial charge in [-0.1, -0.05) is 11.6 Å². The van der Waals surface area contributed by atoms with Crippen molar-refractivity contribution in [3.8, 4) is 0 Å². The molecular weight excluding hydrogens is 184 g/mol. The van der Waals surface area contributed by atoms with Crippen molar-refractivity contribution in [2.45, 2.75) is 45.1 Å². The molecule has 1 unspecified atom stereocenters. The third kappa shape index (κ3) is 3.62. The lowest BCUT2D eigenvalue weighted by Crippen LogP contribution is -2.49. The van der Waals surface area contributed by atoms with E-state index in [2.05, 4.69) is 23.2 Å². The fourth-order valence-corrected chi connectivity index (χ4v) is 2.65. The molecule has 0 spiro atoms. The molecule has 0 aromatic carbocycles. The Hall–Kier alpha value is -0.340. The van der Waals surface area contributed by atoms with E-state index in [1.54, 1.807) is 5.57 Å². The van der Waals surface area contributed by atoms with Gasteiger partial charge in [0.05, 0.1) is 0 Å². The van der Waals surface area contributed by atoms with Gasteiger partial charge < -0.3 is 10.2 Å². The van der Waals surface area contributed by atoms with Crippen molar-refractivity contribution in [3.05, 3.63) is 11.6 Å². The summed E-state index contributed by atoms with van der Waals surface area (Å²) in [6, 6.07) is 0.680. The quantitative estimate of drug-likeness (QED) is 0.715. The SMILES string of the molecule is CC1CN(CCC2=CCCCC2)CCN1. The second-order valence-electron chi connectivity index (χ2n) is 5.01. The van der Waals surface area contributed by atoms with E-state index < -0.39 is 0 Å². The van der Waals surface area contributed by atoms with Crippen molar-refractivity contribution in [1.82, 2.24) is 10.2 Å². The number of rotatable bonds is 3. The van der Waals surface area contributed by atoms with E-state index in [0.29, 0.717) is 6.04 Å². The van der Waals surface area contributed by atoms with Crippen LogP contribution in [0, 0.1) is 0 Å². The number of piperazine rings is 1. The van der Waals surface area contributed by atoms with Gasteiger partial charge in [0.25, 0.3) is 0 Å². The van der Waals surface area contributed by atoms with Crippen LogP contribution in [0.25, 0.3) is 0 Å². The zero-order valence-electron chi connectivity index (χ0n) is 9.97. The molecule has 2 nitrogen and oxygen atoms in total. The predicted molar refractivity (Wildman–Crippen MR) is 65.1 cm³/mol. The first-order valence-corrected chi connectivity index (χ1v) is 6.48. The van der Waals surface area contributed by atoms with Gasteiger partial charge in [-0.3, -0.25) is 0 Å². The third-order valence-corrected chi connectivity index (χ3v) is 3.59. The van der Waals surface area contributed by atoms with Crippen LogP contribution < -0.4 is 5.32 Å². The van der Waals surface area contributed by atoms with Crippen LogP contribution in [0.2, 0.25) is 0 Å². The largest absolute Gasteiger partial charge is 0.312 e. The molecule has 86 valence electrons. The van der Waals surface area contributed by atoms with Gasteiger partial charge in [-0.2, -0.15) is 0 Å². The smallest absolute Gasteiger partial charge is 0.0167 e. The van der Waals surface area contributed by atoms with Crippen LogP contribution >= 0.6 is 0 Å². The highest BCUT2D eigenvalue weighted by atomic mass is 15.2. The summed E-state index contributed by atoms with van der Waals surface area (Å²) < 4.78 is 0.